The Morgan fingerprint density at radius 2 is 1.53 bits per heavy atom. The Kier molecular flexibility index (Phi) is 19.3. The molecule has 1 saturated carbocycles. The molecule has 0 unspecified atom stereocenters. The number of carbonyl (C=O) groups is 7. The van der Waals surface area contributed by atoms with Crippen LogP contribution in [0.5, 0.6) is 0 Å². The van der Waals surface area contributed by atoms with Crippen molar-refractivity contribution in [2.75, 3.05) is 32.2 Å². The van der Waals surface area contributed by atoms with Gasteiger partial charge in [0.25, 0.3) is 5.91 Å². The molecule has 2 rings (SSSR count). The zero-order valence-corrected chi connectivity index (χ0v) is 33.2. The molecule has 306 valence electrons. The van der Waals surface area contributed by atoms with Gasteiger partial charge in [-0.15, -0.1) is 0 Å². The summed E-state index contributed by atoms with van der Waals surface area (Å²) in [6.45, 7) is 6.21. The zero-order chi connectivity index (χ0) is 41.1. The molecular weight excluding hydrogens is 737 g/mol. The lowest BCUT2D eigenvalue weighted by Gasteiger charge is -2.31. The molecule has 0 saturated heterocycles. The summed E-state index contributed by atoms with van der Waals surface area (Å²) in [7, 11) is -2.60. The maximum atomic E-state index is 13.9. The van der Waals surface area contributed by atoms with Gasteiger partial charge in [-0.2, -0.15) is 5.10 Å². The van der Waals surface area contributed by atoms with Crippen molar-refractivity contribution in [3.8, 4) is 0 Å². The van der Waals surface area contributed by atoms with Crippen LogP contribution in [0.3, 0.4) is 0 Å². The van der Waals surface area contributed by atoms with E-state index in [9.17, 15) is 42.0 Å². The van der Waals surface area contributed by atoms with Crippen molar-refractivity contribution in [2.45, 2.75) is 96.8 Å². The first kappa shape index (κ1) is 46.1. The number of rotatable bonds is 20. The number of ether oxygens (including phenoxy) is 1. The summed E-state index contributed by atoms with van der Waals surface area (Å²) in [6, 6.07) is 2.61. The number of hydrogen-bond donors (Lipinski definition) is 7. The van der Waals surface area contributed by atoms with Gasteiger partial charge >= 0.3 is 12.1 Å². The Bertz CT molecular complexity index is 1630. The zero-order valence-electron chi connectivity index (χ0n) is 32.4. The van der Waals surface area contributed by atoms with Gasteiger partial charge in [-0.05, 0) is 43.6 Å². The number of nitrogens with one attached hydrogen (secondary N) is 7. The van der Waals surface area contributed by atoms with E-state index in [1.807, 2.05) is 13.8 Å². The number of benzene rings is 1. The van der Waals surface area contributed by atoms with E-state index in [-0.39, 0.29) is 30.6 Å². The molecule has 0 aromatic heterocycles. The summed E-state index contributed by atoms with van der Waals surface area (Å²) in [5.41, 5.74) is 2.21. The SMILES string of the molecule is CCC[C@H](NC(=O)[C@H](CS(C)(=O)=O)NC(=O)[C@@H](NC(=O)OCC(C)C)C1CCCCC1)C(=NNC(=O)NC)C(=O)NCC(=O)N[C@H](C(C)=O)c1ccccc1. The first-order chi connectivity index (χ1) is 25.9. The fourth-order valence-corrected chi connectivity index (χ4v) is 6.68. The smallest absolute Gasteiger partial charge is 0.407 e. The monoisotopic (exact) mass is 792 g/mol. The van der Waals surface area contributed by atoms with Crippen LogP contribution in [-0.2, 0) is 38.5 Å². The lowest BCUT2D eigenvalue weighted by atomic mass is 9.83. The van der Waals surface area contributed by atoms with E-state index >= 15 is 0 Å². The van der Waals surface area contributed by atoms with Crippen molar-refractivity contribution in [3.05, 3.63) is 35.9 Å². The van der Waals surface area contributed by atoms with Gasteiger partial charge in [-0.1, -0.05) is 76.8 Å². The standard InChI is InChI=1S/C36H56N8O10S/c1-7-14-26(31(43-44-35(50)37-5)33(48)38-19-28(46)41-29(23(4)45)24-15-10-8-11-16-24)39-32(47)27(21-55(6,52)53)40-34(49)30(25-17-12-9-13-18-25)42-36(51)54-20-22(2)3/h8,10-11,15-16,22,25-27,29-30H,7,9,12-14,17-21H2,1-6H3,(H,38,48)(H,39,47)(H,40,49)(H,41,46)(H,42,51)(H2,37,44,50)/t26-,27-,29+,30-/m0/s1. The van der Waals surface area contributed by atoms with Crippen LogP contribution in [0.25, 0.3) is 0 Å². The van der Waals surface area contributed by atoms with E-state index in [1.54, 1.807) is 37.3 Å². The number of sulfone groups is 1. The summed E-state index contributed by atoms with van der Waals surface area (Å²) in [4.78, 5) is 91.1. The fraction of sp³-hybridized carbons (Fsp3) is 0.611. The van der Waals surface area contributed by atoms with Gasteiger partial charge in [0.2, 0.25) is 17.7 Å². The Morgan fingerprint density at radius 1 is 0.891 bits per heavy atom. The van der Waals surface area contributed by atoms with Gasteiger partial charge in [0.1, 0.15) is 33.7 Å². The minimum absolute atomic E-state index is 0.0320. The van der Waals surface area contributed by atoms with Crippen LogP contribution in [0.4, 0.5) is 9.59 Å². The predicted octanol–water partition coefficient (Wildman–Crippen LogP) is 0.980. The number of Topliss-reactive ketones (excluding diaryl/α,β-unsaturated/α-hetero) is 1. The Morgan fingerprint density at radius 3 is 2.09 bits per heavy atom. The second kappa shape index (κ2) is 23.0. The Hall–Kier alpha value is -5.07. The average Bonchev–Trinajstić information content (AvgIpc) is 3.13. The number of alkyl carbamates (subject to hydrolysis) is 1. The van der Waals surface area contributed by atoms with Gasteiger partial charge in [-0.25, -0.2) is 23.4 Å². The number of nitrogens with zero attached hydrogens (tertiary/aromatic N) is 1. The first-order valence-corrected chi connectivity index (χ1v) is 20.4. The van der Waals surface area contributed by atoms with Crippen molar-refractivity contribution in [1.29, 1.82) is 0 Å². The van der Waals surface area contributed by atoms with Crippen molar-refractivity contribution >= 4 is 57.1 Å². The summed E-state index contributed by atoms with van der Waals surface area (Å²) in [5.74, 6) is -4.93. The lowest BCUT2D eigenvalue weighted by Crippen LogP contribution is -2.60. The summed E-state index contributed by atoms with van der Waals surface area (Å²) < 4.78 is 30.3. The highest BCUT2D eigenvalue weighted by Gasteiger charge is 2.36. The highest BCUT2D eigenvalue weighted by atomic mass is 32.2. The van der Waals surface area contributed by atoms with E-state index in [0.717, 1.165) is 25.5 Å². The number of hydrogen-bond acceptors (Lipinski definition) is 11. The van der Waals surface area contributed by atoms with Gasteiger partial charge in [0.05, 0.1) is 24.9 Å². The maximum absolute atomic E-state index is 13.9. The Labute approximate surface area is 322 Å². The predicted molar refractivity (Wildman–Crippen MR) is 204 cm³/mol. The minimum atomic E-state index is -3.90. The molecule has 7 amide bonds. The molecule has 0 heterocycles. The summed E-state index contributed by atoms with van der Waals surface area (Å²) in [6.07, 6.45) is 4.24. The van der Waals surface area contributed by atoms with Gasteiger partial charge < -0.3 is 36.6 Å². The third-order valence-electron chi connectivity index (χ3n) is 8.54. The molecule has 0 radical (unpaired) electrons. The molecule has 1 aliphatic carbocycles. The molecule has 1 fully saturated rings. The fourth-order valence-electron chi connectivity index (χ4n) is 5.84. The first-order valence-electron chi connectivity index (χ1n) is 18.4. The number of ketones is 1. The maximum Gasteiger partial charge on any atom is 0.407 e. The normalized spacial score (nSPS) is 15.7. The van der Waals surface area contributed by atoms with Crippen LogP contribution in [0.15, 0.2) is 35.4 Å². The van der Waals surface area contributed by atoms with E-state index < -0.39 is 87.8 Å². The second-order valence-electron chi connectivity index (χ2n) is 13.9. The van der Waals surface area contributed by atoms with Crippen LogP contribution >= 0.6 is 0 Å². The number of hydrazone groups is 1. The molecule has 1 aromatic rings. The molecule has 55 heavy (non-hydrogen) atoms. The number of carbonyl (C=O) groups excluding carboxylic acids is 7. The quantitative estimate of drug-likeness (QED) is 0.0728. The highest BCUT2D eigenvalue weighted by molar-refractivity contribution is 7.90. The topological polar surface area (TPSA) is 259 Å². The second-order valence-corrected chi connectivity index (χ2v) is 16.1. The van der Waals surface area contributed by atoms with E-state index in [4.69, 9.17) is 4.74 Å². The molecule has 19 heteroatoms. The van der Waals surface area contributed by atoms with E-state index in [0.29, 0.717) is 24.8 Å². The molecule has 7 N–H and O–H groups in total. The van der Waals surface area contributed by atoms with Gasteiger partial charge in [0.15, 0.2) is 5.78 Å². The molecule has 1 aliphatic rings. The van der Waals surface area contributed by atoms with Crippen molar-refractivity contribution in [1.82, 2.24) is 37.3 Å². The third-order valence-corrected chi connectivity index (χ3v) is 9.48. The number of amides is 7. The van der Waals surface area contributed by atoms with Gasteiger partial charge in [-0.3, -0.25) is 24.0 Å². The molecule has 0 bridgehead atoms. The van der Waals surface area contributed by atoms with Crippen LogP contribution in [0.1, 0.15) is 84.2 Å². The van der Waals surface area contributed by atoms with Crippen LogP contribution in [0.2, 0.25) is 0 Å². The highest BCUT2D eigenvalue weighted by Crippen LogP contribution is 2.27. The number of urea groups is 1. The van der Waals surface area contributed by atoms with E-state index in [2.05, 4.69) is 42.4 Å². The van der Waals surface area contributed by atoms with Crippen molar-refractivity contribution in [3.63, 3.8) is 0 Å². The third kappa shape index (κ3) is 16.9. The summed E-state index contributed by atoms with van der Waals surface area (Å²) in [5, 5.41) is 18.8. The summed E-state index contributed by atoms with van der Waals surface area (Å²) >= 11 is 0. The lowest BCUT2D eigenvalue weighted by molar-refractivity contribution is -0.130. The average molecular weight is 793 g/mol. The van der Waals surface area contributed by atoms with E-state index in [1.165, 1.54) is 14.0 Å². The van der Waals surface area contributed by atoms with Crippen LogP contribution in [-0.4, -0.2) is 106 Å². The molecule has 0 spiro atoms. The minimum Gasteiger partial charge on any atom is -0.449 e. The largest absolute Gasteiger partial charge is 0.449 e. The van der Waals surface area contributed by atoms with Crippen molar-refractivity contribution < 1.29 is 46.7 Å². The van der Waals surface area contributed by atoms with Crippen LogP contribution in [0, 0.1) is 11.8 Å². The van der Waals surface area contributed by atoms with Crippen LogP contribution < -0.4 is 37.3 Å². The molecular formula is C36H56N8O10S. The molecule has 1 aromatic carbocycles. The Balaban J connectivity index is 2.35. The van der Waals surface area contributed by atoms with Crippen molar-refractivity contribution in [2.24, 2.45) is 16.9 Å². The van der Waals surface area contributed by atoms with Gasteiger partial charge in [0, 0.05) is 13.3 Å². The molecule has 18 nitrogen and oxygen atoms in total. The molecule has 0 aliphatic heterocycles. The molecule has 4 atom stereocenters.